The molecular weight excluding hydrogens is 248 g/mol. The molecule has 0 aliphatic rings. The van der Waals surface area contributed by atoms with Crippen LogP contribution in [0.2, 0.25) is 0 Å². The summed E-state index contributed by atoms with van der Waals surface area (Å²) in [7, 11) is 5.23. The van der Waals surface area contributed by atoms with E-state index >= 15 is 0 Å². The van der Waals surface area contributed by atoms with Crippen LogP contribution in [0.3, 0.4) is 0 Å². The van der Waals surface area contributed by atoms with Crippen LogP contribution in [0.25, 0.3) is 0 Å². The van der Waals surface area contributed by atoms with Crippen LogP contribution in [0.15, 0.2) is 29.1 Å². The van der Waals surface area contributed by atoms with E-state index in [9.17, 15) is 0 Å². The molecule has 0 saturated heterocycles. The molecule has 0 saturated carbocycles. The first-order valence-electron chi connectivity index (χ1n) is 5.57. The van der Waals surface area contributed by atoms with Crippen molar-refractivity contribution in [3.8, 4) is 11.5 Å². The Hall–Kier alpha value is -1.59. The number of methoxy groups -OCH3 is 2. The van der Waals surface area contributed by atoms with Crippen LogP contribution in [0.4, 0.5) is 0 Å². The normalized spacial score (nSPS) is 12.2. The van der Waals surface area contributed by atoms with Crippen LogP contribution in [0.1, 0.15) is 17.3 Å². The molecule has 1 aromatic heterocycles. The van der Waals surface area contributed by atoms with E-state index in [1.165, 1.54) is 0 Å². The van der Waals surface area contributed by atoms with E-state index in [-0.39, 0.29) is 6.04 Å². The lowest BCUT2D eigenvalue weighted by atomic mass is 10.0. The Morgan fingerprint density at radius 3 is 2.67 bits per heavy atom. The number of rotatable bonds is 5. The minimum absolute atomic E-state index is 0.00120. The molecule has 0 radical (unpaired) electrons. The number of ether oxygens (including phenoxy) is 2. The number of benzene rings is 1. The monoisotopic (exact) mass is 264 g/mol. The topological polar surface area (TPSA) is 43.4 Å². The third-order valence-corrected chi connectivity index (χ3v) is 3.39. The van der Waals surface area contributed by atoms with Crippen LogP contribution in [0, 0.1) is 0 Å². The summed E-state index contributed by atoms with van der Waals surface area (Å²) in [5.74, 6) is 1.63. The lowest BCUT2D eigenvalue weighted by Crippen LogP contribution is -2.18. The van der Waals surface area contributed by atoms with E-state index < -0.39 is 0 Å². The van der Waals surface area contributed by atoms with Crippen molar-refractivity contribution in [2.24, 2.45) is 0 Å². The van der Waals surface area contributed by atoms with Crippen LogP contribution in [-0.4, -0.2) is 26.3 Å². The van der Waals surface area contributed by atoms with Crippen molar-refractivity contribution in [3.05, 3.63) is 40.3 Å². The van der Waals surface area contributed by atoms with Gasteiger partial charge < -0.3 is 14.8 Å². The second kappa shape index (κ2) is 5.84. The van der Waals surface area contributed by atoms with Gasteiger partial charge in [0.2, 0.25) is 0 Å². The Morgan fingerprint density at radius 1 is 1.28 bits per heavy atom. The minimum atomic E-state index is 0.00120. The van der Waals surface area contributed by atoms with E-state index in [1.54, 1.807) is 25.6 Å². The maximum atomic E-state index is 5.41. The van der Waals surface area contributed by atoms with Crippen molar-refractivity contribution in [3.63, 3.8) is 0 Å². The molecule has 1 atom stereocenters. The van der Waals surface area contributed by atoms with Gasteiger partial charge in [0.05, 0.1) is 31.5 Å². The van der Waals surface area contributed by atoms with Gasteiger partial charge in [-0.25, -0.2) is 4.98 Å². The fraction of sp³-hybridized carbons (Fsp3) is 0.308. The standard InChI is InChI=1S/C13H16N2O2S/c1-14-13(11-7-18-8-15-11)10-6-9(16-2)4-5-12(10)17-3/h4-8,13-14H,1-3H3. The molecule has 0 amide bonds. The van der Waals surface area contributed by atoms with Gasteiger partial charge in [-0.2, -0.15) is 0 Å². The molecule has 1 aromatic carbocycles. The Balaban J connectivity index is 2.46. The van der Waals surface area contributed by atoms with Crippen LogP contribution >= 0.6 is 11.3 Å². The maximum absolute atomic E-state index is 5.41. The Labute approximate surface area is 111 Å². The highest BCUT2D eigenvalue weighted by Gasteiger charge is 2.19. The van der Waals surface area contributed by atoms with Gasteiger partial charge in [0.15, 0.2) is 0 Å². The quantitative estimate of drug-likeness (QED) is 0.901. The lowest BCUT2D eigenvalue weighted by Gasteiger charge is -2.18. The van der Waals surface area contributed by atoms with Gasteiger partial charge in [-0.15, -0.1) is 11.3 Å². The van der Waals surface area contributed by atoms with E-state index in [1.807, 2.05) is 36.1 Å². The predicted octanol–water partition coefficient (Wildman–Crippen LogP) is 2.47. The van der Waals surface area contributed by atoms with Gasteiger partial charge in [0.25, 0.3) is 0 Å². The summed E-state index contributed by atoms with van der Waals surface area (Å²) in [6, 6.07) is 5.77. The van der Waals surface area contributed by atoms with Gasteiger partial charge in [-0.1, -0.05) is 0 Å². The average molecular weight is 264 g/mol. The van der Waals surface area contributed by atoms with E-state index in [2.05, 4.69) is 10.3 Å². The Bertz CT molecular complexity index is 500. The average Bonchev–Trinajstić information content (AvgIpc) is 2.93. The number of nitrogens with one attached hydrogen (secondary N) is 1. The summed E-state index contributed by atoms with van der Waals surface area (Å²) in [4.78, 5) is 4.35. The third kappa shape index (κ3) is 2.47. The molecule has 1 N–H and O–H groups in total. The van der Waals surface area contributed by atoms with Crippen LogP contribution in [-0.2, 0) is 0 Å². The first-order valence-corrected chi connectivity index (χ1v) is 6.51. The highest BCUT2D eigenvalue weighted by Crippen LogP contribution is 2.32. The van der Waals surface area contributed by atoms with Crippen molar-refractivity contribution in [1.82, 2.24) is 10.3 Å². The second-order valence-corrected chi connectivity index (χ2v) is 4.46. The molecular formula is C13H16N2O2S. The molecule has 96 valence electrons. The summed E-state index contributed by atoms with van der Waals surface area (Å²) >= 11 is 1.58. The molecule has 0 spiro atoms. The minimum Gasteiger partial charge on any atom is -0.497 e. The molecule has 0 fully saturated rings. The molecule has 0 bridgehead atoms. The van der Waals surface area contributed by atoms with E-state index in [0.29, 0.717) is 0 Å². The van der Waals surface area contributed by atoms with Crippen LogP contribution in [0.5, 0.6) is 11.5 Å². The summed E-state index contributed by atoms with van der Waals surface area (Å²) < 4.78 is 10.7. The number of thiazole rings is 1. The SMILES string of the molecule is CNC(c1cscn1)c1cc(OC)ccc1OC. The molecule has 2 aromatic rings. The van der Waals surface area contributed by atoms with Crippen LogP contribution < -0.4 is 14.8 Å². The molecule has 4 nitrogen and oxygen atoms in total. The number of aromatic nitrogens is 1. The molecule has 5 heteroatoms. The Morgan fingerprint density at radius 2 is 2.11 bits per heavy atom. The van der Waals surface area contributed by atoms with E-state index in [0.717, 1.165) is 22.8 Å². The van der Waals surface area contributed by atoms with Gasteiger partial charge in [0, 0.05) is 10.9 Å². The van der Waals surface area contributed by atoms with Gasteiger partial charge in [-0.3, -0.25) is 0 Å². The highest BCUT2D eigenvalue weighted by atomic mass is 32.1. The summed E-state index contributed by atoms with van der Waals surface area (Å²) in [5.41, 5.74) is 3.83. The second-order valence-electron chi connectivity index (χ2n) is 3.74. The Kier molecular flexibility index (Phi) is 4.17. The van der Waals surface area contributed by atoms with Crippen molar-refractivity contribution >= 4 is 11.3 Å². The fourth-order valence-corrected chi connectivity index (χ4v) is 2.47. The van der Waals surface area contributed by atoms with Crippen molar-refractivity contribution in [2.75, 3.05) is 21.3 Å². The predicted molar refractivity (Wildman–Crippen MR) is 72.6 cm³/mol. The molecule has 2 rings (SSSR count). The first kappa shape index (κ1) is 12.9. The maximum Gasteiger partial charge on any atom is 0.124 e. The largest absolute Gasteiger partial charge is 0.497 e. The zero-order valence-corrected chi connectivity index (χ0v) is 11.5. The summed E-state index contributed by atoms with van der Waals surface area (Å²) in [6.07, 6.45) is 0. The summed E-state index contributed by atoms with van der Waals surface area (Å²) in [6.45, 7) is 0. The lowest BCUT2D eigenvalue weighted by molar-refractivity contribution is 0.394. The molecule has 1 unspecified atom stereocenters. The molecule has 0 aliphatic heterocycles. The van der Waals surface area contributed by atoms with Crippen molar-refractivity contribution in [1.29, 1.82) is 0 Å². The van der Waals surface area contributed by atoms with Crippen molar-refractivity contribution in [2.45, 2.75) is 6.04 Å². The first-order chi connectivity index (χ1) is 8.80. The molecule has 1 heterocycles. The smallest absolute Gasteiger partial charge is 0.124 e. The van der Waals surface area contributed by atoms with Gasteiger partial charge in [-0.05, 0) is 25.2 Å². The number of nitrogens with zero attached hydrogens (tertiary/aromatic N) is 1. The number of hydrogen-bond donors (Lipinski definition) is 1. The highest BCUT2D eigenvalue weighted by molar-refractivity contribution is 7.07. The molecule has 0 aliphatic carbocycles. The third-order valence-electron chi connectivity index (χ3n) is 2.78. The number of hydrogen-bond acceptors (Lipinski definition) is 5. The zero-order valence-electron chi connectivity index (χ0n) is 10.6. The molecule has 18 heavy (non-hydrogen) atoms. The van der Waals surface area contributed by atoms with Gasteiger partial charge in [0.1, 0.15) is 11.5 Å². The summed E-state index contributed by atoms with van der Waals surface area (Å²) in [5, 5.41) is 5.28. The zero-order chi connectivity index (χ0) is 13.0. The van der Waals surface area contributed by atoms with Gasteiger partial charge >= 0.3 is 0 Å². The van der Waals surface area contributed by atoms with Crippen molar-refractivity contribution < 1.29 is 9.47 Å². The fourth-order valence-electron chi connectivity index (χ4n) is 1.89. The van der Waals surface area contributed by atoms with E-state index in [4.69, 9.17) is 9.47 Å².